The predicted molar refractivity (Wildman–Crippen MR) is 62.8 cm³/mol. The summed E-state index contributed by atoms with van der Waals surface area (Å²) in [7, 11) is 1.59. The summed E-state index contributed by atoms with van der Waals surface area (Å²) in [5.41, 5.74) is 6.69. The highest BCUT2D eigenvalue weighted by Crippen LogP contribution is 2.19. The number of hydrogen-bond acceptors (Lipinski definition) is 3. The first-order valence-corrected chi connectivity index (χ1v) is 5.26. The molecule has 0 fully saturated rings. The van der Waals surface area contributed by atoms with Crippen molar-refractivity contribution in [3.63, 3.8) is 0 Å². The van der Waals surface area contributed by atoms with Crippen LogP contribution in [0.25, 0.3) is 0 Å². The van der Waals surface area contributed by atoms with Gasteiger partial charge in [-0.2, -0.15) is 0 Å². The quantitative estimate of drug-likeness (QED) is 0.644. The number of nitrogens with one attached hydrogen (secondary N) is 1. The molecule has 0 radical (unpaired) electrons. The topological polar surface area (TPSA) is 64.3 Å². The van der Waals surface area contributed by atoms with Crippen molar-refractivity contribution >= 4 is 27.5 Å². The number of hydrogen-bond donors (Lipinski definition) is 2. The Labute approximate surface area is 96.9 Å². The number of ether oxygens (including phenoxy) is 1. The minimum Gasteiger partial charge on any atom is -0.399 e. The molecule has 15 heavy (non-hydrogen) atoms. The Morgan fingerprint density at radius 3 is 3.00 bits per heavy atom. The van der Waals surface area contributed by atoms with Gasteiger partial charge in [-0.3, -0.25) is 4.79 Å². The summed E-state index contributed by atoms with van der Waals surface area (Å²) >= 11 is 3.29. The average molecular weight is 273 g/mol. The highest BCUT2D eigenvalue weighted by Gasteiger charge is 2.09. The van der Waals surface area contributed by atoms with Gasteiger partial charge in [0.25, 0.3) is 5.91 Å². The van der Waals surface area contributed by atoms with Gasteiger partial charge in [0, 0.05) is 23.8 Å². The van der Waals surface area contributed by atoms with Crippen molar-refractivity contribution in [2.45, 2.75) is 0 Å². The number of rotatable bonds is 4. The average Bonchev–Trinajstić information content (AvgIpc) is 2.22. The summed E-state index contributed by atoms with van der Waals surface area (Å²) in [6.45, 7) is 0.974. The third kappa shape index (κ3) is 3.53. The van der Waals surface area contributed by atoms with E-state index in [4.69, 9.17) is 10.5 Å². The van der Waals surface area contributed by atoms with Crippen LogP contribution in [0.4, 0.5) is 5.69 Å². The largest absolute Gasteiger partial charge is 0.399 e. The number of carbonyl (C=O) groups is 1. The van der Waals surface area contributed by atoms with Crippen molar-refractivity contribution < 1.29 is 9.53 Å². The van der Waals surface area contributed by atoms with Gasteiger partial charge in [0.2, 0.25) is 0 Å². The number of amides is 1. The maximum atomic E-state index is 11.6. The molecule has 0 aromatic heterocycles. The molecule has 5 heteroatoms. The van der Waals surface area contributed by atoms with Crippen molar-refractivity contribution in [1.82, 2.24) is 5.32 Å². The molecule has 0 aliphatic carbocycles. The lowest BCUT2D eigenvalue weighted by Gasteiger charge is -2.06. The molecular weight excluding hydrogens is 260 g/mol. The monoisotopic (exact) mass is 272 g/mol. The third-order valence-corrected chi connectivity index (χ3v) is 2.52. The SMILES string of the molecule is COCCNC(=O)c1cc(N)ccc1Br. The Morgan fingerprint density at radius 1 is 1.60 bits per heavy atom. The van der Waals surface area contributed by atoms with E-state index in [1.54, 1.807) is 25.3 Å². The lowest BCUT2D eigenvalue weighted by molar-refractivity contribution is 0.0936. The van der Waals surface area contributed by atoms with Gasteiger partial charge in [-0.15, -0.1) is 0 Å². The number of anilines is 1. The summed E-state index contributed by atoms with van der Waals surface area (Å²) in [5.74, 6) is -0.161. The molecule has 3 N–H and O–H groups in total. The van der Waals surface area contributed by atoms with Crippen LogP contribution in [-0.4, -0.2) is 26.2 Å². The number of nitrogens with two attached hydrogens (primary N) is 1. The smallest absolute Gasteiger partial charge is 0.252 e. The van der Waals surface area contributed by atoms with Gasteiger partial charge in [-0.25, -0.2) is 0 Å². The maximum absolute atomic E-state index is 11.6. The Morgan fingerprint density at radius 2 is 2.33 bits per heavy atom. The number of halogens is 1. The lowest BCUT2D eigenvalue weighted by atomic mass is 10.2. The number of carbonyl (C=O) groups excluding carboxylic acids is 1. The van der Waals surface area contributed by atoms with E-state index in [0.717, 1.165) is 4.47 Å². The molecule has 0 atom stereocenters. The van der Waals surface area contributed by atoms with Gasteiger partial charge < -0.3 is 15.8 Å². The molecule has 0 aliphatic rings. The van der Waals surface area contributed by atoms with Crippen molar-refractivity contribution in [3.8, 4) is 0 Å². The molecule has 0 spiro atoms. The van der Waals surface area contributed by atoms with Gasteiger partial charge >= 0.3 is 0 Å². The standard InChI is InChI=1S/C10H13BrN2O2/c1-15-5-4-13-10(14)8-6-7(12)2-3-9(8)11/h2-3,6H,4-5,12H2,1H3,(H,13,14). The minimum atomic E-state index is -0.161. The molecular formula is C10H13BrN2O2. The molecule has 4 nitrogen and oxygen atoms in total. The lowest BCUT2D eigenvalue weighted by Crippen LogP contribution is -2.27. The Kier molecular flexibility index (Phi) is 4.58. The Bertz CT molecular complexity index is 355. The summed E-state index contributed by atoms with van der Waals surface area (Å²) in [6, 6.07) is 5.11. The first-order valence-electron chi connectivity index (χ1n) is 4.47. The minimum absolute atomic E-state index is 0.161. The fourth-order valence-electron chi connectivity index (χ4n) is 1.08. The highest BCUT2D eigenvalue weighted by molar-refractivity contribution is 9.10. The molecule has 0 heterocycles. The molecule has 0 unspecified atom stereocenters. The van der Waals surface area contributed by atoms with Gasteiger partial charge in [0.1, 0.15) is 0 Å². The molecule has 0 bridgehead atoms. The van der Waals surface area contributed by atoms with Crippen molar-refractivity contribution in [2.24, 2.45) is 0 Å². The third-order valence-electron chi connectivity index (χ3n) is 1.83. The van der Waals surface area contributed by atoms with Crippen LogP contribution in [0.3, 0.4) is 0 Å². The van der Waals surface area contributed by atoms with Crippen LogP contribution in [0.5, 0.6) is 0 Å². The summed E-state index contributed by atoms with van der Waals surface area (Å²) < 4.78 is 5.56. The van der Waals surface area contributed by atoms with E-state index in [-0.39, 0.29) is 5.91 Å². The van der Waals surface area contributed by atoms with Crippen LogP contribution in [0.2, 0.25) is 0 Å². The fourth-order valence-corrected chi connectivity index (χ4v) is 1.51. The fraction of sp³-hybridized carbons (Fsp3) is 0.300. The highest BCUT2D eigenvalue weighted by atomic mass is 79.9. The van der Waals surface area contributed by atoms with Crippen molar-refractivity contribution in [2.75, 3.05) is 26.0 Å². The second kappa shape index (κ2) is 5.72. The van der Waals surface area contributed by atoms with Crippen LogP contribution >= 0.6 is 15.9 Å². The van der Waals surface area contributed by atoms with Gasteiger partial charge in [-0.1, -0.05) is 0 Å². The van der Waals surface area contributed by atoms with Crippen LogP contribution in [0, 0.1) is 0 Å². The van der Waals surface area contributed by atoms with E-state index < -0.39 is 0 Å². The van der Waals surface area contributed by atoms with E-state index in [9.17, 15) is 4.79 Å². The number of benzene rings is 1. The Balaban J connectivity index is 2.68. The van der Waals surface area contributed by atoms with Crippen molar-refractivity contribution in [3.05, 3.63) is 28.2 Å². The number of nitrogen functional groups attached to an aromatic ring is 1. The second-order valence-corrected chi connectivity index (χ2v) is 3.84. The second-order valence-electron chi connectivity index (χ2n) is 2.99. The van der Waals surface area contributed by atoms with Crippen LogP contribution < -0.4 is 11.1 Å². The van der Waals surface area contributed by atoms with Gasteiger partial charge in [0.15, 0.2) is 0 Å². The van der Waals surface area contributed by atoms with Crippen LogP contribution in [-0.2, 0) is 4.74 Å². The molecule has 1 rings (SSSR count). The zero-order chi connectivity index (χ0) is 11.3. The molecule has 0 saturated heterocycles. The molecule has 0 saturated carbocycles. The van der Waals surface area contributed by atoms with Crippen LogP contribution in [0.1, 0.15) is 10.4 Å². The Hall–Kier alpha value is -1.07. The zero-order valence-corrected chi connectivity index (χ0v) is 10.0. The molecule has 0 aliphatic heterocycles. The van der Waals surface area contributed by atoms with E-state index in [1.807, 2.05) is 0 Å². The number of methoxy groups -OCH3 is 1. The molecule has 1 aromatic carbocycles. The van der Waals surface area contributed by atoms with Gasteiger partial charge in [0.05, 0.1) is 12.2 Å². The molecule has 82 valence electrons. The van der Waals surface area contributed by atoms with E-state index in [0.29, 0.717) is 24.4 Å². The van der Waals surface area contributed by atoms with E-state index in [1.165, 1.54) is 0 Å². The summed E-state index contributed by atoms with van der Waals surface area (Å²) in [5, 5.41) is 2.72. The van der Waals surface area contributed by atoms with E-state index in [2.05, 4.69) is 21.2 Å². The summed E-state index contributed by atoms with van der Waals surface area (Å²) in [6.07, 6.45) is 0. The first-order chi connectivity index (χ1) is 7.15. The van der Waals surface area contributed by atoms with Crippen LogP contribution in [0.15, 0.2) is 22.7 Å². The normalized spacial score (nSPS) is 10.0. The zero-order valence-electron chi connectivity index (χ0n) is 8.42. The van der Waals surface area contributed by atoms with E-state index >= 15 is 0 Å². The maximum Gasteiger partial charge on any atom is 0.252 e. The summed E-state index contributed by atoms with van der Waals surface area (Å²) in [4.78, 5) is 11.6. The predicted octanol–water partition coefficient (Wildman–Crippen LogP) is 1.41. The van der Waals surface area contributed by atoms with Gasteiger partial charge in [-0.05, 0) is 34.1 Å². The first kappa shape index (κ1) is 12.0. The molecule has 1 amide bonds. The van der Waals surface area contributed by atoms with Crippen molar-refractivity contribution in [1.29, 1.82) is 0 Å². The molecule has 1 aromatic rings.